The van der Waals surface area contributed by atoms with E-state index in [4.69, 9.17) is 23.2 Å². The smallest absolute Gasteiger partial charge is 0.299 e. The Morgan fingerprint density at radius 3 is 2.39 bits per heavy atom. The van der Waals surface area contributed by atoms with Crippen molar-refractivity contribution in [3.05, 3.63) is 66.4 Å². The number of aromatic nitrogens is 2. The molecule has 1 heterocycles. The number of hydrogen-bond acceptors (Lipinski definition) is 3. The fraction of sp³-hybridized carbons (Fsp3) is 0.375. The van der Waals surface area contributed by atoms with Crippen molar-refractivity contribution in [2.45, 2.75) is 19.5 Å². The Kier molecular flexibility index (Phi) is 5.34. The molecule has 0 saturated heterocycles. The van der Waals surface area contributed by atoms with E-state index in [-0.39, 0.29) is 17.3 Å². The van der Waals surface area contributed by atoms with Crippen molar-refractivity contribution >= 4 is 23.2 Å². The van der Waals surface area contributed by atoms with Crippen LogP contribution < -0.4 is 11.2 Å². The molecular formula is C16H19Cl2N3O2. The Morgan fingerprint density at radius 1 is 1.13 bits per heavy atom. The van der Waals surface area contributed by atoms with E-state index in [1.807, 2.05) is 24.9 Å². The van der Waals surface area contributed by atoms with Crippen molar-refractivity contribution in [3.8, 4) is 0 Å². The van der Waals surface area contributed by atoms with E-state index in [0.717, 1.165) is 10.1 Å². The molecule has 2 rings (SSSR count). The molecule has 0 spiro atoms. The van der Waals surface area contributed by atoms with Crippen molar-refractivity contribution in [3.63, 3.8) is 0 Å². The summed E-state index contributed by atoms with van der Waals surface area (Å²) in [4.78, 5) is 25.8. The number of hydrogen-bond donors (Lipinski definition) is 0. The second kappa shape index (κ2) is 6.91. The molecule has 7 heteroatoms. The lowest BCUT2D eigenvalue weighted by Gasteiger charge is -2.26. The first-order valence-corrected chi connectivity index (χ1v) is 7.89. The monoisotopic (exact) mass is 355 g/mol. The maximum Gasteiger partial charge on any atom is 0.330 e. The molecular weight excluding hydrogens is 337 g/mol. The third-order valence-electron chi connectivity index (χ3n) is 4.11. The number of rotatable bonds is 4. The lowest BCUT2D eigenvalue weighted by Crippen LogP contribution is -2.39. The summed E-state index contributed by atoms with van der Waals surface area (Å²) in [6.07, 6.45) is 0. The fourth-order valence-electron chi connectivity index (χ4n) is 2.40. The van der Waals surface area contributed by atoms with Gasteiger partial charge < -0.3 is 0 Å². The molecule has 23 heavy (non-hydrogen) atoms. The lowest BCUT2D eigenvalue weighted by molar-refractivity contribution is 0.246. The molecule has 0 aliphatic rings. The summed E-state index contributed by atoms with van der Waals surface area (Å²) >= 11 is 12.2. The van der Waals surface area contributed by atoms with E-state index in [2.05, 4.69) is 0 Å². The molecule has 2 aromatic rings. The summed E-state index contributed by atoms with van der Waals surface area (Å²) < 4.78 is 2.57. The second-order valence-corrected chi connectivity index (χ2v) is 6.48. The van der Waals surface area contributed by atoms with Crippen LogP contribution in [0.1, 0.15) is 24.2 Å². The highest BCUT2D eigenvalue weighted by molar-refractivity contribution is 6.35. The van der Waals surface area contributed by atoms with Gasteiger partial charge in [0, 0.05) is 48.5 Å². The van der Waals surface area contributed by atoms with Crippen molar-refractivity contribution < 1.29 is 0 Å². The second-order valence-electron chi connectivity index (χ2n) is 5.63. The minimum Gasteiger partial charge on any atom is -0.299 e. The zero-order valence-corrected chi connectivity index (χ0v) is 15.0. The van der Waals surface area contributed by atoms with Gasteiger partial charge in [0.1, 0.15) is 0 Å². The summed E-state index contributed by atoms with van der Waals surface area (Å²) in [6, 6.07) is 6.86. The molecule has 1 unspecified atom stereocenters. The summed E-state index contributed by atoms with van der Waals surface area (Å²) in [5, 5.41) is 1.18. The van der Waals surface area contributed by atoms with Gasteiger partial charge >= 0.3 is 5.69 Å². The zero-order chi connectivity index (χ0) is 17.3. The standard InChI is InChI=1S/C16H19Cl2N3O2/c1-10(13-6-5-11(17)7-14(13)18)19(2)9-12-8-15(22)21(4)16(23)20(12)3/h5-8,10H,9H2,1-4H3. The van der Waals surface area contributed by atoms with Gasteiger partial charge in [-0.2, -0.15) is 0 Å². The van der Waals surface area contributed by atoms with Gasteiger partial charge in [-0.05, 0) is 31.7 Å². The Hall–Kier alpha value is -1.56. The Labute approximate surface area is 144 Å². The lowest BCUT2D eigenvalue weighted by atomic mass is 10.1. The molecule has 0 radical (unpaired) electrons. The van der Waals surface area contributed by atoms with Crippen LogP contribution in [-0.2, 0) is 20.6 Å². The highest BCUT2D eigenvalue weighted by atomic mass is 35.5. The normalized spacial score (nSPS) is 12.7. The molecule has 0 bridgehead atoms. The average Bonchev–Trinajstić information content (AvgIpc) is 2.49. The Bertz CT molecular complexity index is 842. The van der Waals surface area contributed by atoms with E-state index in [1.54, 1.807) is 19.2 Å². The molecule has 0 amide bonds. The minimum absolute atomic E-state index is 0.000994. The van der Waals surface area contributed by atoms with E-state index in [0.29, 0.717) is 22.3 Å². The van der Waals surface area contributed by atoms with Gasteiger partial charge in [0.25, 0.3) is 5.56 Å². The molecule has 0 N–H and O–H groups in total. The van der Waals surface area contributed by atoms with Gasteiger partial charge in [-0.25, -0.2) is 4.79 Å². The van der Waals surface area contributed by atoms with Gasteiger partial charge in [-0.1, -0.05) is 29.3 Å². The third kappa shape index (κ3) is 3.68. The van der Waals surface area contributed by atoms with Crippen LogP contribution in [-0.4, -0.2) is 21.1 Å². The predicted octanol–water partition coefficient (Wildman–Crippen LogP) is 2.58. The highest BCUT2D eigenvalue weighted by Crippen LogP contribution is 2.29. The zero-order valence-electron chi connectivity index (χ0n) is 13.5. The summed E-state index contributed by atoms with van der Waals surface area (Å²) in [7, 11) is 5.04. The first-order chi connectivity index (χ1) is 10.7. The predicted molar refractivity (Wildman–Crippen MR) is 93.3 cm³/mol. The molecule has 124 valence electrons. The third-order valence-corrected chi connectivity index (χ3v) is 4.67. The number of benzene rings is 1. The van der Waals surface area contributed by atoms with Crippen molar-refractivity contribution in [1.29, 1.82) is 0 Å². The van der Waals surface area contributed by atoms with Crippen LogP contribution in [0, 0.1) is 0 Å². The Morgan fingerprint density at radius 2 is 1.78 bits per heavy atom. The van der Waals surface area contributed by atoms with E-state index < -0.39 is 0 Å². The van der Waals surface area contributed by atoms with Gasteiger partial charge in [-0.3, -0.25) is 18.8 Å². The number of nitrogens with zero attached hydrogens (tertiary/aromatic N) is 3. The highest BCUT2D eigenvalue weighted by Gasteiger charge is 2.17. The average molecular weight is 356 g/mol. The Balaban J connectivity index is 2.30. The van der Waals surface area contributed by atoms with E-state index in [1.165, 1.54) is 17.7 Å². The maximum absolute atomic E-state index is 12.0. The molecule has 1 aromatic heterocycles. The van der Waals surface area contributed by atoms with Crippen LogP contribution in [0.4, 0.5) is 0 Å². The van der Waals surface area contributed by atoms with Crippen molar-refractivity contribution in [2.75, 3.05) is 7.05 Å². The first kappa shape index (κ1) is 17.8. The quantitative estimate of drug-likeness (QED) is 0.846. The maximum atomic E-state index is 12.0. The van der Waals surface area contributed by atoms with Crippen LogP contribution in [0.25, 0.3) is 0 Å². The topological polar surface area (TPSA) is 47.2 Å². The van der Waals surface area contributed by atoms with Gasteiger partial charge in [-0.15, -0.1) is 0 Å². The van der Waals surface area contributed by atoms with E-state index >= 15 is 0 Å². The van der Waals surface area contributed by atoms with Crippen LogP contribution in [0.3, 0.4) is 0 Å². The van der Waals surface area contributed by atoms with Crippen LogP contribution in [0.2, 0.25) is 10.0 Å². The fourth-order valence-corrected chi connectivity index (χ4v) is 2.97. The molecule has 0 fully saturated rings. The van der Waals surface area contributed by atoms with Gasteiger partial charge in [0.2, 0.25) is 0 Å². The summed E-state index contributed by atoms with van der Waals surface area (Å²) in [5.74, 6) is 0. The van der Waals surface area contributed by atoms with Crippen LogP contribution in [0.15, 0.2) is 33.9 Å². The minimum atomic E-state index is -0.335. The van der Waals surface area contributed by atoms with Crippen molar-refractivity contribution in [2.24, 2.45) is 14.1 Å². The number of halogens is 2. The summed E-state index contributed by atoms with van der Waals surface area (Å²) in [6.45, 7) is 2.45. The van der Waals surface area contributed by atoms with Crippen LogP contribution >= 0.6 is 23.2 Å². The van der Waals surface area contributed by atoms with Gasteiger partial charge in [0.15, 0.2) is 0 Å². The molecule has 0 saturated carbocycles. The molecule has 0 aliphatic carbocycles. The van der Waals surface area contributed by atoms with Crippen molar-refractivity contribution in [1.82, 2.24) is 14.0 Å². The van der Waals surface area contributed by atoms with Crippen LogP contribution in [0.5, 0.6) is 0 Å². The first-order valence-electron chi connectivity index (χ1n) is 7.13. The molecule has 0 aliphatic heterocycles. The van der Waals surface area contributed by atoms with Gasteiger partial charge in [0.05, 0.1) is 0 Å². The molecule has 1 atom stereocenters. The largest absolute Gasteiger partial charge is 0.330 e. The summed E-state index contributed by atoms with van der Waals surface area (Å²) in [5.41, 5.74) is 0.941. The molecule has 1 aromatic carbocycles. The van der Waals surface area contributed by atoms with E-state index in [9.17, 15) is 9.59 Å². The SMILES string of the molecule is CC(c1ccc(Cl)cc1Cl)N(C)Cc1cc(=O)n(C)c(=O)n1C. The molecule has 5 nitrogen and oxygen atoms in total.